The fourth-order valence-electron chi connectivity index (χ4n) is 3.36. The molecule has 25 heavy (non-hydrogen) atoms. The Labute approximate surface area is 151 Å². The number of amides is 2. The summed E-state index contributed by atoms with van der Waals surface area (Å²) in [6.07, 6.45) is 5.92. The number of carbonyl (C=O) groups is 2. The monoisotopic (exact) mass is 355 g/mol. The number of hydrogen-bond donors (Lipinski definition) is 1. The van der Waals surface area contributed by atoms with E-state index in [-0.39, 0.29) is 11.8 Å². The molecule has 2 rings (SSSR count). The van der Waals surface area contributed by atoms with Crippen LogP contribution >= 0.6 is 0 Å². The van der Waals surface area contributed by atoms with Gasteiger partial charge in [0.15, 0.2) is 0 Å². The topological polar surface area (TPSA) is 71.1 Å². The van der Waals surface area contributed by atoms with Gasteiger partial charge in [0.25, 0.3) is 0 Å². The molecular weight excluding hydrogens is 322 g/mol. The predicted octanol–water partition coefficient (Wildman–Crippen LogP) is 0.633. The second-order valence-electron chi connectivity index (χ2n) is 6.91. The first-order chi connectivity index (χ1) is 12.1. The van der Waals surface area contributed by atoms with Crippen molar-refractivity contribution in [2.75, 3.05) is 59.2 Å². The number of hydrogen-bond acceptors (Lipinski definition) is 5. The van der Waals surface area contributed by atoms with Crippen molar-refractivity contribution >= 4 is 11.8 Å². The number of ether oxygens (including phenoxy) is 2. The number of nitrogens with zero attached hydrogens (tertiary/aromatic N) is 2. The van der Waals surface area contributed by atoms with Crippen LogP contribution in [0.2, 0.25) is 0 Å². The van der Waals surface area contributed by atoms with Crippen molar-refractivity contribution in [1.29, 1.82) is 0 Å². The molecule has 1 N–H and O–H groups in total. The molecule has 2 aliphatic rings. The molecule has 0 unspecified atom stereocenters. The van der Waals surface area contributed by atoms with Crippen LogP contribution in [0.3, 0.4) is 0 Å². The summed E-state index contributed by atoms with van der Waals surface area (Å²) in [5, 5.41) is 3.16. The van der Waals surface area contributed by atoms with Crippen LogP contribution in [0, 0.1) is 0 Å². The molecule has 0 aromatic heterocycles. The molecule has 1 heterocycles. The van der Waals surface area contributed by atoms with Crippen LogP contribution in [0.5, 0.6) is 0 Å². The smallest absolute Gasteiger partial charge is 0.234 e. The highest BCUT2D eigenvalue weighted by Crippen LogP contribution is 2.17. The molecule has 1 saturated heterocycles. The Bertz CT molecular complexity index is 399. The van der Waals surface area contributed by atoms with E-state index in [9.17, 15) is 9.59 Å². The van der Waals surface area contributed by atoms with Crippen LogP contribution in [0.4, 0.5) is 0 Å². The standard InChI is InChI=1S/C18H33N3O4/c1-16(22)21-9-13-24-11-7-20(8-12-25-14-10-21)15-18(23)19-17-5-3-2-4-6-17/h17H,2-15H2,1H3,(H,19,23). The molecule has 0 spiro atoms. The fourth-order valence-corrected chi connectivity index (χ4v) is 3.36. The van der Waals surface area contributed by atoms with Crippen LogP contribution in [0.25, 0.3) is 0 Å². The Morgan fingerprint density at radius 2 is 1.48 bits per heavy atom. The van der Waals surface area contributed by atoms with E-state index in [1.165, 1.54) is 19.3 Å². The number of nitrogens with one attached hydrogen (secondary N) is 1. The van der Waals surface area contributed by atoms with Gasteiger partial charge in [0.1, 0.15) is 0 Å². The first-order valence-electron chi connectivity index (χ1n) is 9.58. The van der Waals surface area contributed by atoms with Crippen molar-refractivity contribution in [3.05, 3.63) is 0 Å². The Morgan fingerprint density at radius 1 is 0.920 bits per heavy atom. The van der Waals surface area contributed by atoms with Crippen molar-refractivity contribution < 1.29 is 19.1 Å². The molecule has 0 aromatic rings. The van der Waals surface area contributed by atoms with Gasteiger partial charge in [-0.3, -0.25) is 14.5 Å². The molecule has 0 atom stereocenters. The summed E-state index contributed by atoms with van der Waals surface area (Å²) in [4.78, 5) is 27.6. The molecule has 7 heteroatoms. The number of rotatable bonds is 3. The minimum atomic E-state index is 0.0465. The molecule has 1 aliphatic carbocycles. The lowest BCUT2D eigenvalue weighted by Crippen LogP contribution is -2.45. The normalized spacial score (nSPS) is 22.7. The van der Waals surface area contributed by atoms with Gasteiger partial charge in [0.05, 0.1) is 33.0 Å². The van der Waals surface area contributed by atoms with Gasteiger partial charge >= 0.3 is 0 Å². The van der Waals surface area contributed by atoms with E-state index in [0.717, 1.165) is 12.8 Å². The lowest BCUT2D eigenvalue weighted by molar-refractivity contribution is -0.131. The van der Waals surface area contributed by atoms with Gasteiger partial charge < -0.3 is 19.7 Å². The third kappa shape index (κ3) is 8.16. The van der Waals surface area contributed by atoms with E-state index in [2.05, 4.69) is 10.2 Å². The molecule has 7 nitrogen and oxygen atoms in total. The van der Waals surface area contributed by atoms with Crippen LogP contribution in [0.15, 0.2) is 0 Å². The van der Waals surface area contributed by atoms with E-state index < -0.39 is 0 Å². The van der Waals surface area contributed by atoms with Gasteiger partial charge in [0, 0.05) is 39.1 Å². The van der Waals surface area contributed by atoms with Gasteiger partial charge in [-0.15, -0.1) is 0 Å². The highest BCUT2D eigenvalue weighted by molar-refractivity contribution is 5.78. The van der Waals surface area contributed by atoms with E-state index in [4.69, 9.17) is 9.47 Å². The zero-order valence-corrected chi connectivity index (χ0v) is 15.5. The molecule has 1 saturated carbocycles. The van der Waals surface area contributed by atoms with E-state index in [1.54, 1.807) is 11.8 Å². The van der Waals surface area contributed by atoms with Crippen molar-refractivity contribution in [2.24, 2.45) is 0 Å². The molecule has 1 aliphatic heterocycles. The molecule has 0 aromatic carbocycles. The Morgan fingerprint density at radius 3 is 2.04 bits per heavy atom. The molecule has 0 radical (unpaired) electrons. The molecule has 0 bridgehead atoms. The molecule has 144 valence electrons. The van der Waals surface area contributed by atoms with Crippen LogP contribution < -0.4 is 5.32 Å². The maximum Gasteiger partial charge on any atom is 0.234 e. The average molecular weight is 355 g/mol. The Hall–Kier alpha value is -1.18. The Balaban J connectivity index is 1.73. The Kier molecular flexibility index (Phi) is 9.21. The fraction of sp³-hybridized carbons (Fsp3) is 0.889. The third-order valence-electron chi connectivity index (χ3n) is 4.90. The van der Waals surface area contributed by atoms with Crippen LogP contribution in [0.1, 0.15) is 39.0 Å². The minimum absolute atomic E-state index is 0.0465. The predicted molar refractivity (Wildman–Crippen MR) is 95.3 cm³/mol. The van der Waals surface area contributed by atoms with Gasteiger partial charge in [-0.1, -0.05) is 19.3 Å². The van der Waals surface area contributed by atoms with E-state index in [1.807, 2.05) is 0 Å². The quantitative estimate of drug-likeness (QED) is 0.804. The summed E-state index contributed by atoms with van der Waals surface area (Å²) >= 11 is 0. The summed E-state index contributed by atoms with van der Waals surface area (Å²) < 4.78 is 11.3. The van der Waals surface area contributed by atoms with Gasteiger partial charge in [-0.25, -0.2) is 0 Å². The molecular formula is C18H33N3O4. The first kappa shape index (κ1) is 20.1. The van der Waals surface area contributed by atoms with Crippen molar-refractivity contribution in [2.45, 2.75) is 45.1 Å². The second kappa shape index (κ2) is 11.4. The van der Waals surface area contributed by atoms with Gasteiger partial charge in [-0.05, 0) is 12.8 Å². The lowest BCUT2D eigenvalue weighted by atomic mass is 9.95. The first-order valence-corrected chi connectivity index (χ1v) is 9.58. The van der Waals surface area contributed by atoms with Crippen molar-refractivity contribution in [3.8, 4) is 0 Å². The molecule has 2 fully saturated rings. The lowest BCUT2D eigenvalue weighted by Gasteiger charge is -2.27. The number of carbonyl (C=O) groups excluding carboxylic acids is 2. The van der Waals surface area contributed by atoms with Crippen molar-refractivity contribution in [1.82, 2.24) is 15.1 Å². The summed E-state index contributed by atoms with van der Waals surface area (Å²) in [5.41, 5.74) is 0. The van der Waals surface area contributed by atoms with Crippen LogP contribution in [-0.4, -0.2) is 86.8 Å². The summed E-state index contributed by atoms with van der Waals surface area (Å²) in [6.45, 7) is 6.67. The average Bonchev–Trinajstić information content (AvgIpc) is 2.57. The van der Waals surface area contributed by atoms with Crippen LogP contribution in [-0.2, 0) is 19.1 Å². The summed E-state index contributed by atoms with van der Waals surface area (Å²) in [7, 11) is 0. The van der Waals surface area contributed by atoms with E-state index >= 15 is 0 Å². The second-order valence-corrected chi connectivity index (χ2v) is 6.91. The summed E-state index contributed by atoms with van der Waals surface area (Å²) in [5.74, 6) is 0.145. The maximum atomic E-state index is 12.3. The zero-order valence-electron chi connectivity index (χ0n) is 15.5. The van der Waals surface area contributed by atoms with Gasteiger partial charge in [0.2, 0.25) is 11.8 Å². The zero-order chi connectivity index (χ0) is 17.9. The summed E-state index contributed by atoms with van der Waals surface area (Å²) in [6, 6.07) is 0.346. The van der Waals surface area contributed by atoms with Crippen molar-refractivity contribution in [3.63, 3.8) is 0 Å². The third-order valence-corrected chi connectivity index (χ3v) is 4.90. The largest absolute Gasteiger partial charge is 0.378 e. The van der Waals surface area contributed by atoms with Gasteiger partial charge in [-0.2, -0.15) is 0 Å². The van der Waals surface area contributed by atoms with E-state index in [0.29, 0.717) is 65.2 Å². The highest BCUT2D eigenvalue weighted by atomic mass is 16.5. The minimum Gasteiger partial charge on any atom is -0.378 e. The maximum absolute atomic E-state index is 12.3. The highest BCUT2D eigenvalue weighted by Gasteiger charge is 2.18. The molecule has 2 amide bonds. The SMILES string of the molecule is CC(=O)N1CCOCCN(CC(=O)NC2CCCCC2)CCOCC1.